The molecule has 0 atom stereocenters. The maximum Gasteiger partial charge on any atom is 0.411 e. The number of fused-ring (bicyclic) bond motifs is 1. The maximum absolute atomic E-state index is 12.3. The first-order valence-electron chi connectivity index (χ1n) is 6.67. The van der Waals surface area contributed by atoms with Crippen molar-refractivity contribution in [2.75, 3.05) is 6.54 Å². The van der Waals surface area contributed by atoms with Gasteiger partial charge in [0.1, 0.15) is 5.60 Å². The summed E-state index contributed by atoms with van der Waals surface area (Å²) < 4.78 is 5.49. The van der Waals surface area contributed by atoms with Crippen LogP contribution in [0.5, 0.6) is 0 Å². The van der Waals surface area contributed by atoms with Crippen molar-refractivity contribution in [3.8, 4) is 0 Å². The summed E-state index contributed by atoms with van der Waals surface area (Å²) in [7, 11) is 0. The predicted molar refractivity (Wildman–Crippen MR) is 73.9 cm³/mol. The van der Waals surface area contributed by atoms with Gasteiger partial charge in [0, 0.05) is 24.9 Å². The molecule has 0 saturated carbocycles. The number of ether oxygens (including phenoxy) is 1. The van der Waals surface area contributed by atoms with Crippen molar-refractivity contribution in [3.05, 3.63) is 29.6 Å². The topological polar surface area (TPSA) is 42.4 Å². The van der Waals surface area contributed by atoms with Crippen LogP contribution in [0.3, 0.4) is 0 Å². The number of nitrogens with zero attached hydrogens (tertiary/aromatic N) is 2. The van der Waals surface area contributed by atoms with Crippen LogP contribution in [0.4, 0.5) is 4.79 Å². The molecular weight excluding hydrogens is 240 g/mol. The highest BCUT2D eigenvalue weighted by molar-refractivity contribution is 5.70. The fraction of sp³-hybridized carbons (Fsp3) is 0.600. The van der Waals surface area contributed by atoms with E-state index < -0.39 is 5.60 Å². The molecule has 1 amide bonds. The zero-order valence-corrected chi connectivity index (χ0v) is 12.4. The van der Waals surface area contributed by atoms with Crippen molar-refractivity contribution >= 4 is 6.09 Å². The average molecular weight is 262 g/mol. The molecule has 0 bridgehead atoms. The number of pyridine rings is 1. The zero-order valence-electron chi connectivity index (χ0n) is 12.4. The number of hydrogen-bond donors (Lipinski definition) is 0. The molecule has 1 aliphatic heterocycles. The van der Waals surface area contributed by atoms with Crippen LogP contribution in [0.25, 0.3) is 0 Å². The first-order valence-corrected chi connectivity index (χ1v) is 6.67. The number of rotatable bonds is 0. The standard InChI is InChI=1S/C15H22N2O2/c1-14(2,3)19-13(18)17-10-8-12-11(15(17,4)5)7-6-9-16-12/h6-7,9H,8,10H2,1-5H3. The van der Waals surface area contributed by atoms with Crippen molar-refractivity contribution < 1.29 is 9.53 Å². The SMILES string of the molecule is CC(C)(C)OC(=O)N1CCc2ncccc2C1(C)C. The van der Waals surface area contributed by atoms with Gasteiger partial charge in [-0.2, -0.15) is 0 Å². The molecule has 0 spiro atoms. The van der Waals surface area contributed by atoms with E-state index in [0.717, 1.165) is 17.7 Å². The second-order valence-corrected chi connectivity index (χ2v) is 6.44. The van der Waals surface area contributed by atoms with Gasteiger partial charge in [0.25, 0.3) is 0 Å². The number of carbonyl (C=O) groups is 1. The average Bonchev–Trinajstić information content (AvgIpc) is 2.26. The van der Waals surface area contributed by atoms with E-state index in [1.165, 1.54) is 0 Å². The van der Waals surface area contributed by atoms with Crippen molar-refractivity contribution in [2.24, 2.45) is 0 Å². The van der Waals surface area contributed by atoms with Gasteiger partial charge in [0.05, 0.1) is 5.54 Å². The van der Waals surface area contributed by atoms with Gasteiger partial charge in [-0.15, -0.1) is 0 Å². The molecule has 0 radical (unpaired) electrons. The van der Waals surface area contributed by atoms with Crippen LogP contribution in [0, 0.1) is 0 Å². The summed E-state index contributed by atoms with van der Waals surface area (Å²) in [4.78, 5) is 18.5. The maximum atomic E-state index is 12.3. The quantitative estimate of drug-likeness (QED) is 0.721. The van der Waals surface area contributed by atoms with Crippen molar-refractivity contribution in [3.63, 3.8) is 0 Å². The summed E-state index contributed by atoms with van der Waals surface area (Å²) in [5, 5.41) is 0. The van der Waals surface area contributed by atoms with Crippen LogP contribution in [0.2, 0.25) is 0 Å². The Labute approximate surface area is 114 Å². The molecule has 104 valence electrons. The minimum atomic E-state index is -0.470. The monoisotopic (exact) mass is 262 g/mol. The first-order chi connectivity index (χ1) is 8.72. The van der Waals surface area contributed by atoms with Crippen molar-refractivity contribution in [2.45, 2.75) is 52.2 Å². The Morgan fingerprint density at radius 2 is 2.11 bits per heavy atom. The molecule has 4 heteroatoms. The zero-order chi connectivity index (χ0) is 14.3. The molecule has 0 unspecified atom stereocenters. The van der Waals surface area contributed by atoms with Crippen LogP contribution in [0.15, 0.2) is 18.3 Å². The second-order valence-electron chi connectivity index (χ2n) is 6.44. The molecule has 0 N–H and O–H groups in total. The minimum Gasteiger partial charge on any atom is -0.444 e. The Morgan fingerprint density at radius 1 is 1.42 bits per heavy atom. The van der Waals surface area contributed by atoms with Crippen LogP contribution >= 0.6 is 0 Å². The minimum absolute atomic E-state index is 0.257. The Bertz CT molecular complexity index is 489. The van der Waals surface area contributed by atoms with E-state index in [9.17, 15) is 4.79 Å². The van der Waals surface area contributed by atoms with Crippen LogP contribution in [-0.2, 0) is 16.7 Å². The third kappa shape index (κ3) is 2.72. The lowest BCUT2D eigenvalue weighted by Crippen LogP contribution is -2.51. The Hall–Kier alpha value is -1.58. The lowest BCUT2D eigenvalue weighted by Gasteiger charge is -2.43. The number of carbonyl (C=O) groups excluding carboxylic acids is 1. The van der Waals surface area contributed by atoms with Crippen LogP contribution in [0.1, 0.15) is 45.9 Å². The van der Waals surface area contributed by atoms with Crippen molar-refractivity contribution in [1.29, 1.82) is 0 Å². The summed E-state index contributed by atoms with van der Waals surface area (Å²) in [6, 6.07) is 3.96. The molecule has 1 aliphatic rings. The van der Waals surface area contributed by atoms with Gasteiger partial charge in [-0.25, -0.2) is 4.79 Å². The second kappa shape index (κ2) is 4.51. The lowest BCUT2D eigenvalue weighted by molar-refractivity contribution is -0.000581. The van der Waals surface area contributed by atoms with E-state index in [1.807, 2.05) is 46.8 Å². The van der Waals surface area contributed by atoms with E-state index in [0.29, 0.717) is 6.54 Å². The van der Waals surface area contributed by atoms with E-state index in [2.05, 4.69) is 4.98 Å². The molecule has 2 heterocycles. The fourth-order valence-electron chi connectivity index (χ4n) is 2.47. The summed E-state index contributed by atoms with van der Waals surface area (Å²) in [6.07, 6.45) is 2.32. The van der Waals surface area contributed by atoms with E-state index >= 15 is 0 Å². The molecular formula is C15H22N2O2. The summed E-state index contributed by atoms with van der Waals surface area (Å²) in [5.41, 5.74) is 1.33. The molecule has 0 saturated heterocycles. The largest absolute Gasteiger partial charge is 0.444 e. The predicted octanol–water partition coefficient (Wildman–Crippen LogP) is 3.11. The summed E-state index contributed by atoms with van der Waals surface area (Å²) >= 11 is 0. The molecule has 1 aromatic rings. The Morgan fingerprint density at radius 3 is 2.74 bits per heavy atom. The Balaban J connectivity index is 2.29. The molecule has 1 aromatic heterocycles. The lowest BCUT2D eigenvalue weighted by atomic mass is 9.86. The fourth-order valence-corrected chi connectivity index (χ4v) is 2.47. The number of amides is 1. The smallest absolute Gasteiger partial charge is 0.411 e. The van der Waals surface area contributed by atoms with Gasteiger partial charge in [-0.3, -0.25) is 9.88 Å². The van der Waals surface area contributed by atoms with Crippen molar-refractivity contribution in [1.82, 2.24) is 9.88 Å². The molecule has 2 rings (SSSR count). The van der Waals surface area contributed by atoms with E-state index in [1.54, 1.807) is 11.1 Å². The van der Waals surface area contributed by atoms with Gasteiger partial charge in [0.2, 0.25) is 0 Å². The van der Waals surface area contributed by atoms with Crippen LogP contribution in [-0.4, -0.2) is 28.1 Å². The third-order valence-electron chi connectivity index (χ3n) is 3.41. The molecule has 0 fully saturated rings. The Kier molecular flexibility index (Phi) is 3.29. The highest BCUT2D eigenvalue weighted by Crippen LogP contribution is 2.34. The van der Waals surface area contributed by atoms with Gasteiger partial charge in [-0.1, -0.05) is 6.07 Å². The van der Waals surface area contributed by atoms with E-state index in [4.69, 9.17) is 4.74 Å². The highest BCUT2D eigenvalue weighted by atomic mass is 16.6. The van der Waals surface area contributed by atoms with Gasteiger partial charge >= 0.3 is 6.09 Å². The number of hydrogen-bond acceptors (Lipinski definition) is 3. The third-order valence-corrected chi connectivity index (χ3v) is 3.41. The highest BCUT2D eigenvalue weighted by Gasteiger charge is 2.39. The molecule has 0 aliphatic carbocycles. The van der Waals surface area contributed by atoms with Gasteiger partial charge in [0.15, 0.2) is 0 Å². The van der Waals surface area contributed by atoms with Gasteiger partial charge in [-0.05, 0) is 46.2 Å². The molecule has 0 aromatic carbocycles. The van der Waals surface area contributed by atoms with Gasteiger partial charge < -0.3 is 4.74 Å². The molecule has 4 nitrogen and oxygen atoms in total. The normalized spacial score (nSPS) is 17.8. The molecule has 19 heavy (non-hydrogen) atoms. The first kappa shape index (κ1) is 13.8. The van der Waals surface area contributed by atoms with E-state index in [-0.39, 0.29) is 11.6 Å². The summed E-state index contributed by atoms with van der Waals surface area (Å²) in [5.74, 6) is 0. The van der Waals surface area contributed by atoms with Crippen LogP contribution < -0.4 is 0 Å². The summed E-state index contributed by atoms with van der Waals surface area (Å²) in [6.45, 7) is 10.4. The number of aromatic nitrogens is 1.